The monoisotopic (exact) mass is 427 g/mol. The largest absolute Gasteiger partial charge is 0.497 e. The molecule has 4 rings (SSSR count). The maximum absolute atomic E-state index is 12.8. The van der Waals surface area contributed by atoms with Gasteiger partial charge in [-0.05, 0) is 42.0 Å². The lowest BCUT2D eigenvalue weighted by Gasteiger charge is -2.10. The number of ether oxygens (including phenoxy) is 2. The van der Waals surface area contributed by atoms with Crippen molar-refractivity contribution in [1.29, 1.82) is 0 Å². The highest BCUT2D eigenvalue weighted by Gasteiger charge is 2.16. The molecule has 0 atom stereocenters. The molecule has 7 heteroatoms. The van der Waals surface area contributed by atoms with Crippen LogP contribution in [0.15, 0.2) is 79.1 Å². The van der Waals surface area contributed by atoms with Crippen LogP contribution in [0.3, 0.4) is 0 Å². The summed E-state index contributed by atoms with van der Waals surface area (Å²) in [4.78, 5) is 33.7. The Kier molecular flexibility index (Phi) is 6.36. The second-order valence-corrected chi connectivity index (χ2v) is 7.01. The number of pyridine rings is 2. The van der Waals surface area contributed by atoms with E-state index in [1.807, 2.05) is 54.6 Å². The van der Waals surface area contributed by atoms with Crippen LogP contribution >= 0.6 is 0 Å². The first-order valence-corrected chi connectivity index (χ1v) is 10.0. The highest BCUT2D eigenvalue weighted by Crippen LogP contribution is 2.25. The molecule has 0 fully saturated rings. The Morgan fingerprint density at radius 3 is 2.47 bits per heavy atom. The number of carbonyl (C=O) groups excluding carboxylic acids is 2. The van der Waals surface area contributed by atoms with E-state index < -0.39 is 5.97 Å². The Labute approximate surface area is 185 Å². The van der Waals surface area contributed by atoms with Gasteiger partial charge in [0.2, 0.25) is 0 Å². The molecule has 7 nitrogen and oxygen atoms in total. The molecule has 2 aromatic heterocycles. The summed E-state index contributed by atoms with van der Waals surface area (Å²) in [5.74, 6) is -0.231. The van der Waals surface area contributed by atoms with Crippen molar-refractivity contribution in [3.63, 3.8) is 0 Å². The second kappa shape index (κ2) is 9.70. The molecule has 160 valence electrons. The molecule has 0 aliphatic carbocycles. The minimum Gasteiger partial charge on any atom is -0.497 e. The Bertz CT molecular complexity index is 1240. The summed E-state index contributed by atoms with van der Waals surface area (Å²) in [6.45, 7) is -0.0546. The van der Waals surface area contributed by atoms with E-state index >= 15 is 0 Å². The molecule has 1 N–H and O–H groups in total. The number of nitrogens with one attached hydrogen (secondary N) is 1. The summed E-state index contributed by atoms with van der Waals surface area (Å²) in [7, 11) is 1.59. The third-order valence-corrected chi connectivity index (χ3v) is 4.90. The molecule has 0 aliphatic rings. The number of para-hydroxylation sites is 1. The third kappa shape index (κ3) is 4.89. The van der Waals surface area contributed by atoms with Crippen LogP contribution < -0.4 is 10.1 Å². The Balaban J connectivity index is 1.45. The predicted octanol–water partition coefficient (Wildman–Crippen LogP) is 3.78. The van der Waals surface area contributed by atoms with Crippen molar-refractivity contribution >= 4 is 22.8 Å². The predicted molar refractivity (Wildman–Crippen MR) is 120 cm³/mol. The summed E-state index contributed by atoms with van der Waals surface area (Å²) in [5, 5.41) is 3.40. The quantitative estimate of drug-likeness (QED) is 0.452. The summed E-state index contributed by atoms with van der Waals surface area (Å²) >= 11 is 0. The van der Waals surface area contributed by atoms with E-state index in [9.17, 15) is 9.59 Å². The number of hydrogen-bond acceptors (Lipinski definition) is 6. The average Bonchev–Trinajstić information content (AvgIpc) is 2.86. The summed E-state index contributed by atoms with van der Waals surface area (Å²) in [6, 6.07) is 20.0. The molecule has 2 heterocycles. The molecule has 0 unspecified atom stereocenters. The average molecular weight is 427 g/mol. The van der Waals surface area contributed by atoms with Crippen LogP contribution in [0, 0.1) is 0 Å². The van der Waals surface area contributed by atoms with E-state index in [0.29, 0.717) is 28.7 Å². The number of carbonyl (C=O) groups is 2. The lowest BCUT2D eigenvalue weighted by Crippen LogP contribution is -2.28. The molecular formula is C25H21N3O4. The SMILES string of the molecule is COc1ccc(CNC(=O)COC(=O)c2cc(-c3ccncc3)nc3ccccc23)cc1. The molecule has 0 spiro atoms. The molecule has 0 bridgehead atoms. The molecule has 2 aromatic carbocycles. The normalized spacial score (nSPS) is 10.5. The van der Waals surface area contributed by atoms with Gasteiger partial charge in [0.05, 0.1) is 23.9 Å². The van der Waals surface area contributed by atoms with Gasteiger partial charge in [-0.25, -0.2) is 9.78 Å². The van der Waals surface area contributed by atoms with Crippen LogP contribution in [0.25, 0.3) is 22.2 Å². The third-order valence-electron chi connectivity index (χ3n) is 4.90. The zero-order chi connectivity index (χ0) is 22.3. The summed E-state index contributed by atoms with van der Waals surface area (Å²) in [6.07, 6.45) is 3.33. The van der Waals surface area contributed by atoms with E-state index in [4.69, 9.17) is 9.47 Å². The number of amides is 1. The first-order valence-electron chi connectivity index (χ1n) is 10.0. The standard InChI is InChI=1S/C25H21N3O4/c1-31-19-8-6-17(7-9-19)15-27-24(29)16-32-25(30)21-14-23(18-10-12-26-13-11-18)28-22-5-3-2-4-20(21)22/h2-14H,15-16H2,1H3,(H,27,29). The van der Waals surface area contributed by atoms with Crippen LogP contribution in [-0.2, 0) is 16.1 Å². The zero-order valence-corrected chi connectivity index (χ0v) is 17.4. The molecular weight excluding hydrogens is 406 g/mol. The molecule has 32 heavy (non-hydrogen) atoms. The number of esters is 1. The van der Waals surface area contributed by atoms with E-state index in [1.54, 1.807) is 31.6 Å². The van der Waals surface area contributed by atoms with Crippen molar-refractivity contribution in [1.82, 2.24) is 15.3 Å². The second-order valence-electron chi connectivity index (χ2n) is 7.01. The number of hydrogen-bond donors (Lipinski definition) is 1. The molecule has 0 radical (unpaired) electrons. The fraction of sp³-hybridized carbons (Fsp3) is 0.120. The lowest BCUT2D eigenvalue weighted by molar-refractivity contribution is -0.124. The van der Waals surface area contributed by atoms with Gasteiger partial charge >= 0.3 is 5.97 Å². The molecule has 0 aliphatic heterocycles. The van der Waals surface area contributed by atoms with Gasteiger partial charge in [-0.2, -0.15) is 0 Å². The van der Waals surface area contributed by atoms with Crippen LogP contribution in [-0.4, -0.2) is 35.6 Å². The maximum Gasteiger partial charge on any atom is 0.339 e. The van der Waals surface area contributed by atoms with E-state index in [0.717, 1.165) is 16.9 Å². The van der Waals surface area contributed by atoms with Crippen molar-refractivity contribution in [3.8, 4) is 17.0 Å². The first-order chi connectivity index (χ1) is 15.6. The van der Waals surface area contributed by atoms with Crippen molar-refractivity contribution in [3.05, 3.63) is 90.3 Å². The topological polar surface area (TPSA) is 90.4 Å². The van der Waals surface area contributed by atoms with Crippen molar-refractivity contribution < 1.29 is 19.1 Å². The van der Waals surface area contributed by atoms with Crippen molar-refractivity contribution in [2.45, 2.75) is 6.54 Å². The number of methoxy groups -OCH3 is 1. The van der Waals surface area contributed by atoms with Gasteiger partial charge < -0.3 is 14.8 Å². The number of fused-ring (bicyclic) bond motifs is 1. The molecule has 0 saturated heterocycles. The Morgan fingerprint density at radius 1 is 0.969 bits per heavy atom. The van der Waals surface area contributed by atoms with Gasteiger partial charge in [-0.3, -0.25) is 9.78 Å². The maximum atomic E-state index is 12.8. The highest BCUT2D eigenvalue weighted by molar-refractivity contribution is 6.05. The van der Waals surface area contributed by atoms with Crippen LogP contribution in [0.1, 0.15) is 15.9 Å². The molecule has 4 aromatic rings. The van der Waals surface area contributed by atoms with Gasteiger partial charge in [-0.15, -0.1) is 0 Å². The summed E-state index contributed by atoms with van der Waals surface area (Å²) in [5.41, 5.74) is 3.38. The van der Waals surface area contributed by atoms with Gasteiger partial charge in [0.15, 0.2) is 6.61 Å². The van der Waals surface area contributed by atoms with Crippen LogP contribution in [0.4, 0.5) is 0 Å². The lowest BCUT2D eigenvalue weighted by atomic mass is 10.0. The Morgan fingerprint density at radius 2 is 1.72 bits per heavy atom. The molecule has 0 saturated carbocycles. The number of nitrogens with zero attached hydrogens (tertiary/aromatic N) is 2. The van der Waals surface area contributed by atoms with Crippen LogP contribution in [0.5, 0.6) is 5.75 Å². The minimum absolute atomic E-state index is 0.324. The van der Waals surface area contributed by atoms with Gasteiger partial charge in [0, 0.05) is 29.9 Å². The zero-order valence-electron chi connectivity index (χ0n) is 17.4. The van der Waals surface area contributed by atoms with E-state index in [-0.39, 0.29) is 12.5 Å². The van der Waals surface area contributed by atoms with Gasteiger partial charge in [0.25, 0.3) is 5.91 Å². The van der Waals surface area contributed by atoms with Crippen LogP contribution in [0.2, 0.25) is 0 Å². The first kappa shape index (κ1) is 21.0. The van der Waals surface area contributed by atoms with Gasteiger partial charge in [-0.1, -0.05) is 30.3 Å². The Hall–Kier alpha value is -4.26. The smallest absolute Gasteiger partial charge is 0.339 e. The van der Waals surface area contributed by atoms with Crippen molar-refractivity contribution in [2.24, 2.45) is 0 Å². The fourth-order valence-electron chi connectivity index (χ4n) is 3.22. The fourth-order valence-corrected chi connectivity index (χ4v) is 3.22. The number of benzene rings is 2. The number of rotatable bonds is 7. The van der Waals surface area contributed by atoms with Gasteiger partial charge in [0.1, 0.15) is 5.75 Å². The van der Waals surface area contributed by atoms with Crippen molar-refractivity contribution in [2.75, 3.05) is 13.7 Å². The van der Waals surface area contributed by atoms with E-state index in [1.165, 1.54) is 0 Å². The number of aromatic nitrogens is 2. The highest BCUT2D eigenvalue weighted by atomic mass is 16.5. The molecule has 1 amide bonds. The minimum atomic E-state index is -0.585. The van der Waals surface area contributed by atoms with E-state index in [2.05, 4.69) is 15.3 Å². The summed E-state index contributed by atoms with van der Waals surface area (Å²) < 4.78 is 10.4.